The first-order valence-electron chi connectivity index (χ1n) is 4.15. The maximum Gasteiger partial charge on any atom is 0.305 e. The monoisotopic (exact) mass is 233 g/mol. The predicted octanol–water partition coefficient (Wildman–Crippen LogP) is -0.703. The Kier molecular flexibility index (Phi) is 3.40. The Labute approximate surface area is 86.6 Å². The van der Waals surface area contributed by atoms with Crippen molar-refractivity contribution in [2.45, 2.75) is 18.7 Å². The fourth-order valence-corrected chi connectivity index (χ4v) is 1.66. The van der Waals surface area contributed by atoms with Crippen molar-refractivity contribution >= 4 is 15.8 Å². The Hall–Kier alpha value is -1.44. The number of sulfone groups is 1. The number of carbonyl (C=O) groups is 1. The predicted molar refractivity (Wildman–Crippen MR) is 50.8 cm³/mol. The molecule has 1 rings (SSSR count). The number of hydrogen-bond donors (Lipinski definition) is 1. The fraction of sp³-hybridized carbons (Fsp3) is 0.571. The number of aryl methyl sites for hydroxylation is 1. The zero-order valence-corrected chi connectivity index (χ0v) is 8.94. The minimum Gasteiger partial charge on any atom is -0.481 e. The molecule has 1 heterocycles. The number of aliphatic carboxylic acids is 1. The molecule has 15 heavy (non-hydrogen) atoms. The number of carboxylic acid groups (broad SMARTS) is 1. The van der Waals surface area contributed by atoms with E-state index < -0.39 is 15.8 Å². The van der Waals surface area contributed by atoms with Gasteiger partial charge in [-0.25, -0.2) is 8.42 Å². The van der Waals surface area contributed by atoms with Crippen LogP contribution in [-0.4, -0.2) is 40.7 Å². The van der Waals surface area contributed by atoms with Gasteiger partial charge in [0.15, 0.2) is 9.84 Å². The molecule has 0 bridgehead atoms. The summed E-state index contributed by atoms with van der Waals surface area (Å²) in [4.78, 5) is 10.3. The third-order valence-electron chi connectivity index (χ3n) is 1.55. The van der Waals surface area contributed by atoms with Crippen molar-refractivity contribution < 1.29 is 18.3 Å². The Morgan fingerprint density at radius 1 is 1.60 bits per heavy atom. The van der Waals surface area contributed by atoms with Gasteiger partial charge in [-0.2, -0.15) is 0 Å². The van der Waals surface area contributed by atoms with E-state index in [2.05, 4.69) is 10.3 Å². The van der Waals surface area contributed by atoms with Crippen molar-refractivity contribution in [2.75, 3.05) is 6.26 Å². The summed E-state index contributed by atoms with van der Waals surface area (Å²) in [7, 11) is -3.13. The highest BCUT2D eigenvalue weighted by Crippen LogP contribution is 2.00. The SMILES string of the molecule is CS(=O)(=O)Cc1cn(CCC(=O)O)nn1. The zero-order valence-electron chi connectivity index (χ0n) is 8.12. The molecule has 84 valence electrons. The molecule has 0 aliphatic carbocycles. The maximum atomic E-state index is 10.9. The Morgan fingerprint density at radius 2 is 2.27 bits per heavy atom. The second-order valence-corrected chi connectivity index (χ2v) is 5.33. The van der Waals surface area contributed by atoms with Crippen molar-refractivity contribution in [2.24, 2.45) is 0 Å². The molecule has 1 aromatic heterocycles. The lowest BCUT2D eigenvalue weighted by Crippen LogP contribution is -2.05. The summed E-state index contributed by atoms with van der Waals surface area (Å²) in [6.45, 7) is 0.187. The molecule has 0 amide bonds. The molecule has 0 spiro atoms. The van der Waals surface area contributed by atoms with Crippen molar-refractivity contribution in [1.82, 2.24) is 15.0 Å². The van der Waals surface area contributed by atoms with Crippen molar-refractivity contribution in [3.05, 3.63) is 11.9 Å². The van der Waals surface area contributed by atoms with E-state index in [9.17, 15) is 13.2 Å². The van der Waals surface area contributed by atoms with Gasteiger partial charge in [-0.3, -0.25) is 9.48 Å². The first kappa shape index (κ1) is 11.6. The lowest BCUT2D eigenvalue weighted by atomic mass is 10.4. The second-order valence-electron chi connectivity index (χ2n) is 3.19. The van der Waals surface area contributed by atoms with Gasteiger partial charge in [-0.05, 0) is 0 Å². The molecular weight excluding hydrogens is 222 g/mol. The van der Waals surface area contributed by atoms with Crippen molar-refractivity contribution in [3.8, 4) is 0 Å². The van der Waals surface area contributed by atoms with Crippen LogP contribution in [-0.2, 0) is 26.9 Å². The first-order valence-corrected chi connectivity index (χ1v) is 6.21. The number of carboxylic acids is 1. The van der Waals surface area contributed by atoms with E-state index in [0.29, 0.717) is 5.69 Å². The molecule has 1 aromatic rings. The molecule has 0 saturated carbocycles. The lowest BCUT2D eigenvalue weighted by Gasteiger charge is -1.94. The molecular formula is C7H11N3O4S. The van der Waals surface area contributed by atoms with E-state index in [-0.39, 0.29) is 18.7 Å². The summed E-state index contributed by atoms with van der Waals surface area (Å²) in [6, 6.07) is 0. The van der Waals surface area contributed by atoms with E-state index >= 15 is 0 Å². The minimum absolute atomic E-state index is 0.0678. The van der Waals surface area contributed by atoms with E-state index in [0.717, 1.165) is 6.26 Å². The molecule has 0 atom stereocenters. The van der Waals surface area contributed by atoms with E-state index in [4.69, 9.17) is 5.11 Å². The van der Waals surface area contributed by atoms with Crippen molar-refractivity contribution in [1.29, 1.82) is 0 Å². The van der Waals surface area contributed by atoms with Gasteiger partial charge < -0.3 is 5.11 Å². The lowest BCUT2D eigenvalue weighted by molar-refractivity contribution is -0.137. The smallest absolute Gasteiger partial charge is 0.305 e. The topological polar surface area (TPSA) is 102 Å². The molecule has 8 heteroatoms. The third kappa shape index (κ3) is 4.54. The molecule has 0 saturated heterocycles. The Bertz CT molecular complexity index is 451. The Morgan fingerprint density at radius 3 is 2.80 bits per heavy atom. The average Bonchev–Trinajstić information content (AvgIpc) is 2.45. The van der Waals surface area contributed by atoms with Crippen LogP contribution >= 0.6 is 0 Å². The highest BCUT2D eigenvalue weighted by molar-refractivity contribution is 7.89. The van der Waals surface area contributed by atoms with Gasteiger partial charge in [-0.1, -0.05) is 5.21 Å². The number of nitrogens with zero attached hydrogens (tertiary/aromatic N) is 3. The Balaban J connectivity index is 2.60. The zero-order chi connectivity index (χ0) is 11.5. The van der Waals surface area contributed by atoms with Gasteiger partial charge in [0.05, 0.1) is 24.4 Å². The van der Waals surface area contributed by atoms with Crippen LogP contribution in [0.1, 0.15) is 12.1 Å². The standard InChI is InChI=1S/C7H11N3O4S/c1-15(13,14)5-6-4-10(9-8-6)3-2-7(11)12/h4H,2-3,5H2,1H3,(H,11,12). The van der Waals surface area contributed by atoms with Crippen LogP contribution < -0.4 is 0 Å². The minimum atomic E-state index is -3.13. The van der Waals surface area contributed by atoms with Crippen LogP contribution in [0, 0.1) is 0 Å². The van der Waals surface area contributed by atoms with E-state index in [1.165, 1.54) is 10.9 Å². The quantitative estimate of drug-likeness (QED) is 0.721. The van der Waals surface area contributed by atoms with Gasteiger partial charge in [0.25, 0.3) is 0 Å². The number of hydrogen-bond acceptors (Lipinski definition) is 5. The van der Waals surface area contributed by atoms with Gasteiger partial charge >= 0.3 is 5.97 Å². The van der Waals surface area contributed by atoms with Crippen molar-refractivity contribution in [3.63, 3.8) is 0 Å². The van der Waals surface area contributed by atoms with Crippen LogP contribution in [0.2, 0.25) is 0 Å². The first-order chi connectivity index (χ1) is 6.87. The van der Waals surface area contributed by atoms with Gasteiger partial charge in [0.2, 0.25) is 0 Å². The summed E-state index contributed by atoms with van der Waals surface area (Å²) < 4.78 is 23.1. The molecule has 7 nitrogen and oxygen atoms in total. The fourth-order valence-electron chi connectivity index (χ4n) is 0.993. The molecule has 0 unspecified atom stereocenters. The van der Waals surface area contributed by atoms with Crippen LogP contribution in [0.15, 0.2) is 6.20 Å². The number of aromatic nitrogens is 3. The highest BCUT2D eigenvalue weighted by atomic mass is 32.2. The average molecular weight is 233 g/mol. The summed E-state index contributed by atoms with van der Waals surface area (Å²) in [5, 5.41) is 15.6. The summed E-state index contributed by atoms with van der Waals surface area (Å²) in [5.74, 6) is -1.12. The summed E-state index contributed by atoms with van der Waals surface area (Å²) in [5.41, 5.74) is 0.322. The summed E-state index contributed by atoms with van der Waals surface area (Å²) >= 11 is 0. The van der Waals surface area contributed by atoms with Gasteiger partial charge in [0, 0.05) is 12.5 Å². The molecule has 0 aliphatic rings. The molecule has 0 aromatic carbocycles. The molecule has 0 aliphatic heterocycles. The number of rotatable bonds is 5. The molecule has 0 fully saturated rings. The second kappa shape index (κ2) is 4.39. The van der Waals surface area contributed by atoms with Crippen LogP contribution in [0.5, 0.6) is 0 Å². The van der Waals surface area contributed by atoms with Crippen LogP contribution in [0.25, 0.3) is 0 Å². The van der Waals surface area contributed by atoms with Gasteiger partial charge in [-0.15, -0.1) is 5.10 Å². The van der Waals surface area contributed by atoms with Crippen LogP contribution in [0.3, 0.4) is 0 Å². The molecule has 1 N–H and O–H groups in total. The highest BCUT2D eigenvalue weighted by Gasteiger charge is 2.08. The maximum absolute atomic E-state index is 10.9. The normalized spacial score (nSPS) is 11.5. The largest absolute Gasteiger partial charge is 0.481 e. The van der Waals surface area contributed by atoms with Crippen LogP contribution in [0.4, 0.5) is 0 Å². The van der Waals surface area contributed by atoms with Gasteiger partial charge in [0.1, 0.15) is 0 Å². The van der Waals surface area contributed by atoms with E-state index in [1.54, 1.807) is 0 Å². The molecule has 0 radical (unpaired) electrons. The summed E-state index contributed by atoms with van der Waals surface area (Å²) in [6.07, 6.45) is 2.47. The van der Waals surface area contributed by atoms with E-state index in [1.807, 2.05) is 0 Å². The third-order valence-corrected chi connectivity index (χ3v) is 2.37.